The van der Waals surface area contributed by atoms with Crippen LogP contribution >= 0.6 is 0 Å². The van der Waals surface area contributed by atoms with Gasteiger partial charge in [-0.3, -0.25) is 4.79 Å². The smallest absolute Gasteiger partial charge is 0.326 e. The fourth-order valence-electron chi connectivity index (χ4n) is 1.38. The number of carbonyl (C=O) groups excluding carboxylic acids is 1. The minimum absolute atomic E-state index is 0.305. The number of aryl methyl sites for hydroxylation is 2. The Bertz CT molecular complexity index is 391. The number of rotatable bonds is 4. The van der Waals surface area contributed by atoms with E-state index >= 15 is 0 Å². The number of carboxylic acid groups (broad SMARTS) is 1. The maximum atomic E-state index is 11.7. The summed E-state index contributed by atoms with van der Waals surface area (Å²) in [6, 6.07) is -0.888. The van der Waals surface area contributed by atoms with Gasteiger partial charge < -0.3 is 14.9 Å². The number of hydrogen-bond donors (Lipinski definition) is 2. The van der Waals surface area contributed by atoms with E-state index < -0.39 is 17.9 Å². The molecule has 1 heterocycles. The van der Waals surface area contributed by atoms with Crippen molar-refractivity contribution in [2.75, 3.05) is 0 Å². The van der Waals surface area contributed by atoms with Crippen LogP contribution in [0.2, 0.25) is 0 Å². The normalized spacial score (nSPS) is 12.2. The van der Waals surface area contributed by atoms with E-state index in [1.54, 1.807) is 20.8 Å². The highest BCUT2D eigenvalue weighted by Crippen LogP contribution is 2.12. The summed E-state index contributed by atoms with van der Waals surface area (Å²) in [5.41, 5.74) is 0.759. The summed E-state index contributed by atoms with van der Waals surface area (Å²) in [5, 5.41) is 14.8. The third kappa shape index (κ3) is 2.39. The molecule has 0 fully saturated rings. The third-order valence-electron chi connectivity index (χ3n) is 2.27. The molecule has 0 aromatic carbocycles. The average molecular weight is 226 g/mol. The molecule has 1 atom stereocenters. The molecule has 0 aliphatic rings. The standard InChI is InChI=1S/C10H14N2O4/c1-4-7(10(14)15)11-9(13)8-5(2)12-16-6(8)3/h7H,4H2,1-3H3,(H,11,13)(H,14,15)/t7-/m1/s1. The van der Waals surface area contributed by atoms with Crippen LogP contribution in [0.15, 0.2) is 4.52 Å². The van der Waals surface area contributed by atoms with Crippen molar-refractivity contribution in [3.63, 3.8) is 0 Å². The maximum Gasteiger partial charge on any atom is 0.326 e. The van der Waals surface area contributed by atoms with Gasteiger partial charge >= 0.3 is 5.97 Å². The molecule has 6 nitrogen and oxygen atoms in total. The summed E-state index contributed by atoms with van der Waals surface area (Å²) >= 11 is 0. The number of aromatic nitrogens is 1. The number of nitrogens with zero attached hydrogens (tertiary/aromatic N) is 1. The summed E-state index contributed by atoms with van der Waals surface area (Å²) in [5.74, 6) is -1.14. The van der Waals surface area contributed by atoms with Crippen LogP contribution in [-0.2, 0) is 4.79 Å². The predicted molar refractivity (Wildman–Crippen MR) is 55.2 cm³/mol. The number of amides is 1. The predicted octanol–water partition coefficient (Wildman–Crippen LogP) is 0.884. The van der Waals surface area contributed by atoms with E-state index in [1.807, 2.05) is 0 Å². The Labute approximate surface area is 92.6 Å². The monoisotopic (exact) mass is 226 g/mol. The van der Waals surface area contributed by atoms with Gasteiger partial charge in [-0.2, -0.15) is 0 Å². The molecule has 0 unspecified atom stereocenters. The van der Waals surface area contributed by atoms with Crippen LogP contribution in [-0.4, -0.2) is 28.2 Å². The van der Waals surface area contributed by atoms with Gasteiger partial charge in [0.05, 0.1) is 5.69 Å². The molecule has 88 valence electrons. The first kappa shape index (κ1) is 12.2. The van der Waals surface area contributed by atoms with E-state index in [4.69, 9.17) is 9.63 Å². The molecule has 0 spiro atoms. The first-order chi connectivity index (χ1) is 7.47. The van der Waals surface area contributed by atoms with Crippen molar-refractivity contribution in [1.29, 1.82) is 0 Å². The summed E-state index contributed by atoms with van der Waals surface area (Å²) < 4.78 is 4.83. The number of hydrogen-bond acceptors (Lipinski definition) is 4. The molecule has 0 aliphatic heterocycles. The number of carboxylic acids is 1. The van der Waals surface area contributed by atoms with Crippen molar-refractivity contribution in [3.05, 3.63) is 17.0 Å². The SMILES string of the molecule is CC[C@@H](NC(=O)c1c(C)noc1C)C(=O)O. The Morgan fingerprint density at radius 2 is 2.12 bits per heavy atom. The van der Waals surface area contributed by atoms with Gasteiger partial charge in [0.1, 0.15) is 17.4 Å². The molecule has 2 N–H and O–H groups in total. The largest absolute Gasteiger partial charge is 0.480 e. The van der Waals surface area contributed by atoms with Crippen molar-refractivity contribution >= 4 is 11.9 Å². The second-order valence-corrected chi connectivity index (χ2v) is 3.47. The number of nitrogens with one attached hydrogen (secondary N) is 1. The lowest BCUT2D eigenvalue weighted by molar-refractivity contribution is -0.139. The first-order valence-electron chi connectivity index (χ1n) is 4.93. The molecule has 1 aromatic heterocycles. The fraction of sp³-hybridized carbons (Fsp3) is 0.500. The zero-order valence-electron chi connectivity index (χ0n) is 9.40. The highest BCUT2D eigenvalue weighted by atomic mass is 16.5. The minimum Gasteiger partial charge on any atom is -0.480 e. The van der Waals surface area contributed by atoms with Crippen LogP contribution in [0.25, 0.3) is 0 Å². The van der Waals surface area contributed by atoms with E-state index in [0.29, 0.717) is 23.4 Å². The lowest BCUT2D eigenvalue weighted by Crippen LogP contribution is -2.40. The number of carbonyl (C=O) groups is 2. The topological polar surface area (TPSA) is 92.4 Å². The fourth-order valence-corrected chi connectivity index (χ4v) is 1.38. The lowest BCUT2D eigenvalue weighted by atomic mass is 10.1. The van der Waals surface area contributed by atoms with E-state index in [0.717, 1.165) is 0 Å². The van der Waals surface area contributed by atoms with Crippen LogP contribution in [0.3, 0.4) is 0 Å². The van der Waals surface area contributed by atoms with E-state index in [1.165, 1.54) is 0 Å². The van der Waals surface area contributed by atoms with Gasteiger partial charge in [-0.25, -0.2) is 4.79 Å². The second-order valence-electron chi connectivity index (χ2n) is 3.47. The molecule has 0 aliphatic carbocycles. The Balaban J connectivity index is 2.84. The maximum absolute atomic E-state index is 11.7. The Morgan fingerprint density at radius 1 is 1.50 bits per heavy atom. The molecule has 1 aromatic rings. The summed E-state index contributed by atoms with van der Waals surface area (Å²) in [7, 11) is 0. The van der Waals surface area contributed by atoms with E-state index in [-0.39, 0.29) is 0 Å². The average Bonchev–Trinajstić information content (AvgIpc) is 2.54. The summed E-state index contributed by atoms with van der Waals surface area (Å²) in [6.45, 7) is 4.93. The molecule has 1 rings (SSSR count). The van der Waals surface area contributed by atoms with E-state index in [9.17, 15) is 9.59 Å². The van der Waals surface area contributed by atoms with Gasteiger partial charge in [-0.05, 0) is 20.3 Å². The van der Waals surface area contributed by atoms with Crippen LogP contribution in [0.4, 0.5) is 0 Å². The Hall–Kier alpha value is -1.85. The van der Waals surface area contributed by atoms with E-state index in [2.05, 4.69) is 10.5 Å². The molecule has 6 heteroatoms. The van der Waals surface area contributed by atoms with Gasteiger partial charge in [0.2, 0.25) is 0 Å². The lowest BCUT2D eigenvalue weighted by Gasteiger charge is -2.11. The molecule has 0 saturated carbocycles. The van der Waals surface area contributed by atoms with Gasteiger partial charge in [-0.15, -0.1) is 0 Å². The molecule has 16 heavy (non-hydrogen) atoms. The zero-order valence-corrected chi connectivity index (χ0v) is 9.40. The molecular formula is C10H14N2O4. The van der Waals surface area contributed by atoms with Crippen LogP contribution < -0.4 is 5.32 Å². The number of aliphatic carboxylic acids is 1. The second kappa shape index (κ2) is 4.78. The summed E-state index contributed by atoms with van der Waals surface area (Å²) in [4.78, 5) is 22.5. The zero-order chi connectivity index (χ0) is 12.3. The van der Waals surface area contributed by atoms with Crippen molar-refractivity contribution in [1.82, 2.24) is 10.5 Å². The quantitative estimate of drug-likeness (QED) is 0.795. The van der Waals surface area contributed by atoms with Gasteiger partial charge in [-0.1, -0.05) is 12.1 Å². The first-order valence-corrected chi connectivity index (χ1v) is 4.93. The van der Waals surface area contributed by atoms with Gasteiger partial charge in [0.25, 0.3) is 5.91 Å². The highest BCUT2D eigenvalue weighted by Gasteiger charge is 2.23. The summed E-state index contributed by atoms with van der Waals surface area (Å²) in [6.07, 6.45) is 0.324. The highest BCUT2D eigenvalue weighted by molar-refractivity contribution is 5.98. The minimum atomic E-state index is -1.05. The Morgan fingerprint density at radius 3 is 2.50 bits per heavy atom. The molecular weight excluding hydrogens is 212 g/mol. The Kier molecular flexibility index (Phi) is 3.65. The van der Waals surface area contributed by atoms with Gasteiger partial charge in [0.15, 0.2) is 0 Å². The van der Waals surface area contributed by atoms with Crippen LogP contribution in [0, 0.1) is 13.8 Å². The van der Waals surface area contributed by atoms with Gasteiger partial charge in [0, 0.05) is 0 Å². The van der Waals surface area contributed by atoms with Crippen molar-refractivity contribution < 1.29 is 19.2 Å². The molecule has 0 saturated heterocycles. The molecule has 1 amide bonds. The van der Waals surface area contributed by atoms with Crippen LogP contribution in [0.5, 0.6) is 0 Å². The molecule has 0 bridgehead atoms. The third-order valence-corrected chi connectivity index (χ3v) is 2.27. The van der Waals surface area contributed by atoms with Crippen molar-refractivity contribution in [2.24, 2.45) is 0 Å². The van der Waals surface area contributed by atoms with Crippen molar-refractivity contribution in [3.8, 4) is 0 Å². The van der Waals surface area contributed by atoms with Crippen LogP contribution in [0.1, 0.15) is 35.2 Å². The molecule has 0 radical (unpaired) electrons. The van der Waals surface area contributed by atoms with Crippen molar-refractivity contribution in [2.45, 2.75) is 33.2 Å².